The highest BCUT2D eigenvalue weighted by Crippen LogP contribution is 2.32. The standard InChI is InChI=1S/C19H24F2N4O/c1-24-13-5-4-6-14(24)10-12(9-13)22-19(26)18-15-7-2-3-8-16(15)25(23-18)11-17(20)21/h2-3,7-8,12-14,17H,4-6,9-11H2,1H3,(H,22,26)/t12?,13-,14+. The van der Waals surface area contributed by atoms with Gasteiger partial charge in [0.1, 0.15) is 6.54 Å². The smallest absolute Gasteiger partial charge is 0.272 e. The first-order valence-electron chi connectivity index (χ1n) is 9.29. The zero-order valence-electron chi connectivity index (χ0n) is 14.9. The van der Waals surface area contributed by atoms with Gasteiger partial charge in [-0.2, -0.15) is 5.10 Å². The minimum atomic E-state index is -2.51. The Morgan fingerprint density at radius 2 is 1.96 bits per heavy atom. The molecule has 0 spiro atoms. The molecule has 2 aliphatic heterocycles. The van der Waals surface area contributed by atoms with E-state index in [9.17, 15) is 13.6 Å². The van der Waals surface area contributed by atoms with Gasteiger partial charge in [-0.05, 0) is 38.8 Å². The number of rotatable bonds is 4. The molecule has 3 atom stereocenters. The van der Waals surface area contributed by atoms with E-state index in [4.69, 9.17) is 0 Å². The summed E-state index contributed by atoms with van der Waals surface area (Å²) >= 11 is 0. The van der Waals surface area contributed by atoms with Crippen molar-refractivity contribution in [2.24, 2.45) is 0 Å². The fourth-order valence-corrected chi connectivity index (χ4v) is 4.55. The van der Waals surface area contributed by atoms with Crippen LogP contribution in [0.5, 0.6) is 0 Å². The summed E-state index contributed by atoms with van der Waals surface area (Å²) in [6, 6.07) is 8.21. The van der Waals surface area contributed by atoms with Gasteiger partial charge in [0.25, 0.3) is 12.3 Å². The Labute approximate surface area is 151 Å². The summed E-state index contributed by atoms with van der Waals surface area (Å²) in [7, 11) is 2.17. The van der Waals surface area contributed by atoms with Gasteiger partial charge < -0.3 is 10.2 Å². The number of piperidine rings is 2. The number of carbonyl (C=O) groups excluding carboxylic acids is 1. The van der Waals surface area contributed by atoms with E-state index >= 15 is 0 Å². The van der Waals surface area contributed by atoms with Crippen molar-refractivity contribution < 1.29 is 13.6 Å². The van der Waals surface area contributed by atoms with Gasteiger partial charge in [0, 0.05) is 23.5 Å². The first kappa shape index (κ1) is 17.4. The Balaban J connectivity index is 1.55. The molecule has 1 amide bonds. The average Bonchev–Trinajstić information content (AvgIpc) is 2.94. The lowest BCUT2D eigenvalue weighted by molar-refractivity contribution is 0.0461. The summed E-state index contributed by atoms with van der Waals surface area (Å²) in [6.07, 6.45) is 2.96. The molecule has 0 saturated carbocycles. The number of para-hydroxylation sites is 1. The normalized spacial score (nSPS) is 26.4. The lowest BCUT2D eigenvalue weighted by Gasteiger charge is -2.47. The van der Waals surface area contributed by atoms with Crippen molar-refractivity contribution in [3.63, 3.8) is 0 Å². The average molecular weight is 362 g/mol. The van der Waals surface area contributed by atoms with Crippen LogP contribution < -0.4 is 5.32 Å². The second-order valence-corrected chi connectivity index (χ2v) is 7.48. The van der Waals surface area contributed by atoms with Crippen LogP contribution in [0.3, 0.4) is 0 Å². The van der Waals surface area contributed by atoms with Crippen molar-refractivity contribution in [1.82, 2.24) is 20.0 Å². The minimum Gasteiger partial charge on any atom is -0.348 e. The number of benzene rings is 1. The molecule has 2 aromatic rings. The molecular formula is C19H24F2N4O. The number of carbonyl (C=O) groups is 1. The van der Waals surface area contributed by atoms with Crippen molar-refractivity contribution >= 4 is 16.8 Å². The molecule has 5 nitrogen and oxygen atoms in total. The van der Waals surface area contributed by atoms with E-state index in [1.54, 1.807) is 24.3 Å². The number of amides is 1. The van der Waals surface area contributed by atoms with Crippen LogP contribution in [0.4, 0.5) is 8.78 Å². The van der Waals surface area contributed by atoms with E-state index < -0.39 is 13.0 Å². The maximum Gasteiger partial charge on any atom is 0.272 e. The Kier molecular flexibility index (Phi) is 4.65. The van der Waals surface area contributed by atoms with Crippen molar-refractivity contribution in [2.75, 3.05) is 7.05 Å². The third-order valence-electron chi connectivity index (χ3n) is 5.86. The van der Waals surface area contributed by atoms with E-state index in [2.05, 4.69) is 22.4 Å². The molecule has 2 saturated heterocycles. The lowest BCUT2D eigenvalue weighted by atomic mass is 9.82. The molecule has 1 aromatic heterocycles. The second kappa shape index (κ2) is 6.95. The van der Waals surface area contributed by atoms with Crippen LogP contribution in [-0.2, 0) is 6.54 Å². The van der Waals surface area contributed by atoms with E-state index in [0.717, 1.165) is 12.8 Å². The molecule has 140 valence electrons. The molecule has 3 heterocycles. The zero-order chi connectivity index (χ0) is 18.3. The number of fused-ring (bicyclic) bond motifs is 3. The quantitative estimate of drug-likeness (QED) is 0.910. The monoisotopic (exact) mass is 362 g/mol. The molecule has 0 aliphatic carbocycles. The molecule has 2 fully saturated rings. The number of nitrogens with zero attached hydrogens (tertiary/aromatic N) is 3. The van der Waals surface area contributed by atoms with Crippen LogP contribution in [0.2, 0.25) is 0 Å². The van der Waals surface area contributed by atoms with Crippen LogP contribution in [0, 0.1) is 0 Å². The Hall–Kier alpha value is -2.02. The molecule has 1 aromatic carbocycles. The molecule has 1 unspecified atom stereocenters. The van der Waals surface area contributed by atoms with Crippen LogP contribution >= 0.6 is 0 Å². The van der Waals surface area contributed by atoms with Crippen molar-refractivity contribution in [1.29, 1.82) is 0 Å². The van der Waals surface area contributed by atoms with Crippen molar-refractivity contribution in [2.45, 2.75) is 63.2 Å². The topological polar surface area (TPSA) is 50.2 Å². The minimum absolute atomic E-state index is 0.119. The summed E-state index contributed by atoms with van der Waals surface area (Å²) in [5, 5.41) is 7.93. The van der Waals surface area contributed by atoms with Gasteiger partial charge in [0.15, 0.2) is 5.69 Å². The molecule has 7 heteroatoms. The Morgan fingerprint density at radius 1 is 1.27 bits per heavy atom. The number of alkyl halides is 2. The highest BCUT2D eigenvalue weighted by molar-refractivity contribution is 6.05. The van der Waals surface area contributed by atoms with Crippen LogP contribution in [0.25, 0.3) is 10.9 Å². The van der Waals surface area contributed by atoms with Gasteiger partial charge in [0.2, 0.25) is 0 Å². The second-order valence-electron chi connectivity index (χ2n) is 7.48. The number of hydrogen-bond acceptors (Lipinski definition) is 3. The first-order valence-corrected chi connectivity index (χ1v) is 9.29. The van der Waals surface area contributed by atoms with Crippen molar-refractivity contribution in [3.8, 4) is 0 Å². The van der Waals surface area contributed by atoms with E-state index in [0.29, 0.717) is 23.0 Å². The predicted octanol–water partition coefficient (Wildman–Crippen LogP) is 3.05. The summed E-state index contributed by atoms with van der Waals surface area (Å²) in [4.78, 5) is 15.3. The van der Waals surface area contributed by atoms with Gasteiger partial charge in [-0.3, -0.25) is 9.48 Å². The highest BCUT2D eigenvalue weighted by Gasteiger charge is 2.36. The predicted molar refractivity (Wildman–Crippen MR) is 95.4 cm³/mol. The van der Waals surface area contributed by atoms with Crippen LogP contribution in [0.15, 0.2) is 24.3 Å². The fourth-order valence-electron chi connectivity index (χ4n) is 4.55. The number of halogens is 2. The molecular weight excluding hydrogens is 338 g/mol. The lowest BCUT2D eigenvalue weighted by Crippen LogP contribution is -2.55. The molecule has 1 N–H and O–H groups in total. The highest BCUT2D eigenvalue weighted by atomic mass is 19.3. The molecule has 0 radical (unpaired) electrons. The molecule has 4 rings (SSSR count). The molecule has 26 heavy (non-hydrogen) atoms. The van der Waals surface area contributed by atoms with Gasteiger partial charge in [0.05, 0.1) is 5.52 Å². The SMILES string of the molecule is CN1[C@@H]2CCC[C@H]1CC(NC(=O)c1nn(CC(F)F)c3ccccc13)C2. The van der Waals surface area contributed by atoms with E-state index in [1.165, 1.54) is 23.9 Å². The Bertz CT molecular complexity index is 792. The third kappa shape index (κ3) is 3.20. The number of aromatic nitrogens is 2. The summed E-state index contributed by atoms with van der Waals surface area (Å²) < 4.78 is 26.9. The maximum absolute atomic E-state index is 12.8. The number of hydrogen-bond donors (Lipinski definition) is 1. The van der Waals surface area contributed by atoms with Crippen molar-refractivity contribution in [3.05, 3.63) is 30.0 Å². The summed E-state index contributed by atoms with van der Waals surface area (Å²) in [5.41, 5.74) is 0.809. The van der Waals surface area contributed by atoms with Gasteiger partial charge in [-0.15, -0.1) is 0 Å². The first-order chi connectivity index (χ1) is 12.5. The largest absolute Gasteiger partial charge is 0.348 e. The van der Waals surface area contributed by atoms with Gasteiger partial charge in [-0.25, -0.2) is 8.78 Å². The van der Waals surface area contributed by atoms with Gasteiger partial charge in [-0.1, -0.05) is 24.6 Å². The maximum atomic E-state index is 12.8. The van der Waals surface area contributed by atoms with Crippen LogP contribution in [-0.4, -0.2) is 52.2 Å². The third-order valence-corrected chi connectivity index (χ3v) is 5.86. The molecule has 2 aliphatic rings. The number of nitrogens with one attached hydrogen (secondary N) is 1. The summed E-state index contributed by atoms with van der Waals surface area (Å²) in [6.45, 7) is -0.508. The molecule has 2 bridgehead atoms. The Morgan fingerprint density at radius 3 is 2.65 bits per heavy atom. The van der Waals surface area contributed by atoms with Gasteiger partial charge >= 0.3 is 0 Å². The fraction of sp³-hybridized carbons (Fsp3) is 0.579. The van der Waals surface area contributed by atoms with E-state index in [-0.39, 0.29) is 17.6 Å². The van der Waals surface area contributed by atoms with Crippen LogP contribution in [0.1, 0.15) is 42.6 Å². The van der Waals surface area contributed by atoms with E-state index in [1.807, 2.05) is 0 Å². The summed E-state index contributed by atoms with van der Waals surface area (Å²) in [5.74, 6) is -0.262. The zero-order valence-corrected chi connectivity index (χ0v) is 14.9.